The number of carbonyl (C=O) groups is 1. The van der Waals surface area contributed by atoms with Crippen molar-refractivity contribution in [1.29, 1.82) is 0 Å². The van der Waals surface area contributed by atoms with Crippen LogP contribution in [0.1, 0.15) is 35.3 Å². The van der Waals surface area contributed by atoms with Crippen molar-refractivity contribution in [2.24, 2.45) is 0 Å². The van der Waals surface area contributed by atoms with E-state index in [4.69, 9.17) is 14.2 Å². The molecule has 2 aromatic heterocycles. The molecular formula is C25H31N7O4. The average molecular weight is 494 g/mol. The Morgan fingerprint density at radius 2 is 1.89 bits per heavy atom. The van der Waals surface area contributed by atoms with Crippen molar-refractivity contribution in [1.82, 2.24) is 25.1 Å². The Labute approximate surface area is 209 Å². The maximum absolute atomic E-state index is 12.7. The number of hydrogen-bond donors (Lipinski definition) is 2. The molecule has 11 heteroatoms. The first-order valence-corrected chi connectivity index (χ1v) is 12.1. The number of rotatable bonds is 8. The van der Waals surface area contributed by atoms with Gasteiger partial charge in [-0.1, -0.05) is 6.42 Å². The Morgan fingerprint density at radius 1 is 1.06 bits per heavy atom. The van der Waals surface area contributed by atoms with Crippen LogP contribution in [-0.2, 0) is 6.61 Å². The molecule has 2 saturated heterocycles. The number of H-pyrrole nitrogens is 1. The first-order chi connectivity index (χ1) is 17.6. The molecule has 1 aromatic carbocycles. The number of carbonyl (C=O) groups excluding carboxylic acids is 1. The molecule has 3 aromatic rings. The van der Waals surface area contributed by atoms with Crippen molar-refractivity contribution in [2.75, 3.05) is 50.6 Å². The van der Waals surface area contributed by atoms with Crippen molar-refractivity contribution < 1.29 is 19.0 Å². The summed E-state index contributed by atoms with van der Waals surface area (Å²) in [5.74, 6) is 2.52. The summed E-state index contributed by atoms with van der Waals surface area (Å²) in [6.07, 6.45) is 7.00. The van der Waals surface area contributed by atoms with Gasteiger partial charge in [0.15, 0.2) is 0 Å². The molecule has 1 unspecified atom stereocenters. The highest BCUT2D eigenvalue weighted by Crippen LogP contribution is 2.25. The molecule has 190 valence electrons. The minimum absolute atomic E-state index is 0.232. The third kappa shape index (κ3) is 5.51. The molecule has 36 heavy (non-hydrogen) atoms. The van der Waals surface area contributed by atoms with E-state index in [0.29, 0.717) is 29.2 Å². The number of aromatic nitrogens is 4. The molecule has 2 fully saturated rings. The number of benzene rings is 1. The van der Waals surface area contributed by atoms with E-state index < -0.39 is 0 Å². The Bertz CT molecular complexity index is 1160. The molecule has 0 radical (unpaired) electrons. The van der Waals surface area contributed by atoms with Gasteiger partial charge in [0.2, 0.25) is 5.88 Å². The van der Waals surface area contributed by atoms with Gasteiger partial charge in [0.25, 0.3) is 5.91 Å². The van der Waals surface area contributed by atoms with Gasteiger partial charge in [-0.3, -0.25) is 14.8 Å². The molecule has 2 N–H and O–H groups in total. The Morgan fingerprint density at radius 3 is 2.64 bits per heavy atom. The lowest BCUT2D eigenvalue weighted by molar-refractivity contribution is 0.102. The zero-order chi connectivity index (χ0) is 24.9. The Balaban J connectivity index is 1.15. The van der Waals surface area contributed by atoms with E-state index in [-0.39, 0.29) is 18.2 Å². The number of piperidine rings is 1. The maximum Gasteiger partial charge on any atom is 0.277 e. The monoisotopic (exact) mass is 493 g/mol. The number of aromatic amines is 1. The standard InChI is InChI=1S/C25H31N7O4/c1-34-19-9-17(10-20(11-19)35-2)16-36-24-12-22(29-30-24)28-25(33)21-13-27-23(14-26-21)32-8-7-31-6-4-3-5-18(31)15-32/h9-14,18H,3-8,15-16H2,1-2H3,(H2,28,29,30,33). The van der Waals surface area contributed by atoms with Crippen molar-refractivity contribution in [3.8, 4) is 17.4 Å². The molecular weight excluding hydrogens is 462 g/mol. The van der Waals surface area contributed by atoms with Gasteiger partial charge in [0, 0.05) is 37.8 Å². The van der Waals surface area contributed by atoms with Crippen LogP contribution in [0.4, 0.5) is 11.6 Å². The lowest BCUT2D eigenvalue weighted by Crippen LogP contribution is -2.55. The second kappa shape index (κ2) is 10.8. The summed E-state index contributed by atoms with van der Waals surface area (Å²) in [5.41, 5.74) is 1.09. The van der Waals surface area contributed by atoms with Crippen molar-refractivity contribution in [2.45, 2.75) is 31.9 Å². The van der Waals surface area contributed by atoms with Crippen molar-refractivity contribution >= 4 is 17.5 Å². The molecule has 1 amide bonds. The first kappa shape index (κ1) is 23.9. The van der Waals surface area contributed by atoms with E-state index in [1.54, 1.807) is 32.5 Å². The molecule has 1 atom stereocenters. The van der Waals surface area contributed by atoms with E-state index in [1.165, 1.54) is 32.0 Å². The van der Waals surface area contributed by atoms with Crippen LogP contribution in [0.2, 0.25) is 0 Å². The van der Waals surface area contributed by atoms with Crippen LogP contribution in [-0.4, -0.2) is 77.4 Å². The molecule has 4 heterocycles. The molecule has 0 saturated carbocycles. The van der Waals surface area contributed by atoms with Gasteiger partial charge in [-0.15, -0.1) is 5.10 Å². The first-order valence-electron chi connectivity index (χ1n) is 12.1. The summed E-state index contributed by atoms with van der Waals surface area (Å²) >= 11 is 0. The zero-order valence-electron chi connectivity index (χ0n) is 20.6. The normalized spacial score (nSPS) is 17.8. The maximum atomic E-state index is 12.7. The van der Waals surface area contributed by atoms with E-state index in [1.807, 2.05) is 12.1 Å². The topological polar surface area (TPSA) is 118 Å². The predicted molar refractivity (Wildman–Crippen MR) is 134 cm³/mol. The summed E-state index contributed by atoms with van der Waals surface area (Å²) in [6.45, 7) is 4.38. The molecule has 0 spiro atoms. The second-order valence-corrected chi connectivity index (χ2v) is 8.97. The van der Waals surface area contributed by atoms with Gasteiger partial charge < -0.3 is 24.4 Å². The van der Waals surface area contributed by atoms with E-state index in [0.717, 1.165) is 31.0 Å². The third-order valence-electron chi connectivity index (χ3n) is 6.63. The molecule has 0 bridgehead atoms. The fourth-order valence-corrected chi connectivity index (χ4v) is 4.70. The minimum Gasteiger partial charge on any atom is -0.497 e. The summed E-state index contributed by atoms with van der Waals surface area (Å²) in [4.78, 5) is 26.4. The van der Waals surface area contributed by atoms with Crippen molar-refractivity contribution in [3.05, 3.63) is 47.9 Å². The number of anilines is 2. The minimum atomic E-state index is -0.376. The fraction of sp³-hybridized carbons (Fsp3) is 0.440. The third-order valence-corrected chi connectivity index (χ3v) is 6.63. The highest BCUT2D eigenvalue weighted by molar-refractivity contribution is 6.02. The predicted octanol–water partition coefficient (Wildman–Crippen LogP) is 2.72. The zero-order valence-corrected chi connectivity index (χ0v) is 20.6. The lowest BCUT2D eigenvalue weighted by Gasteiger charge is -2.44. The molecule has 2 aliphatic heterocycles. The van der Waals surface area contributed by atoms with Crippen molar-refractivity contribution in [3.63, 3.8) is 0 Å². The molecule has 2 aliphatic rings. The van der Waals surface area contributed by atoms with Gasteiger partial charge in [0.1, 0.15) is 35.4 Å². The SMILES string of the molecule is COc1cc(COc2cc(NC(=O)c3cnc(N4CCN5CCCCC5C4)cn3)[nH]n2)cc(OC)c1. The second-order valence-electron chi connectivity index (χ2n) is 8.97. The smallest absolute Gasteiger partial charge is 0.277 e. The quantitative estimate of drug-likeness (QED) is 0.488. The van der Waals surface area contributed by atoms with E-state index >= 15 is 0 Å². The van der Waals surface area contributed by atoms with Crippen LogP contribution < -0.4 is 24.4 Å². The van der Waals surface area contributed by atoms with Gasteiger partial charge in [-0.25, -0.2) is 9.97 Å². The summed E-state index contributed by atoms with van der Waals surface area (Å²) in [7, 11) is 3.19. The highest BCUT2D eigenvalue weighted by Gasteiger charge is 2.29. The van der Waals surface area contributed by atoms with Crippen LogP contribution in [0.25, 0.3) is 0 Å². The lowest BCUT2D eigenvalue weighted by atomic mass is 9.99. The highest BCUT2D eigenvalue weighted by atomic mass is 16.5. The average Bonchev–Trinajstić information content (AvgIpc) is 3.38. The van der Waals surface area contributed by atoms with Crippen LogP contribution in [0.5, 0.6) is 17.4 Å². The number of nitrogens with one attached hydrogen (secondary N) is 2. The van der Waals surface area contributed by atoms with Gasteiger partial charge in [0.05, 0.1) is 26.6 Å². The van der Waals surface area contributed by atoms with E-state index in [2.05, 4.69) is 35.3 Å². The number of ether oxygens (including phenoxy) is 3. The van der Waals surface area contributed by atoms with Crippen LogP contribution in [0.15, 0.2) is 36.7 Å². The number of piperazine rings is 1. The molecule has 5 rings (SSSR count). The van der Waals surface area contributed by atoms with Crippen LogP contribution in [0, 0.1) is 0 Å². The van der Waals surface area contributed by atoms with Gasteiger partial charge in [-0.2, -0.15) is 0 Å². The molecule has 11 nitrogen and oxygen atoms in total. The number of hydrogen-bond acceptors (Lipinski definition) is 9. The number of amides is 1. The summed E-state index contributed by atoms with van der Waals surface area (Å²) in [6, 6.07) is 7.70. The summed E-state index contributed by atoms with van der Waals surface area (Å²) < 4.78 is 16.3. The van der Waals surface area contributed by atoms with Crippen LogP contribution >= 0.6 is 0 Å². The molecule has 0 aliphatic carbocycles. The Hall–Kier alpha value is -3.86. The van der Waals surface area contributed by atoms with Crippen LogP contribution in [0.3, 0.4) is 0 Å². The number of methoxy groups -OCH3 is 2. The van der Waals surface area contributed by atoms with Gasteiger partial charge >= 0.3 is 0 Å². The fourth-order valence-electron chi connectivity index (χ4n) is 4.70. The van der Waals surface area contributed by atoms with Gasteiger partial charge in [-0.05, 0) is 37.1 Å². The summed E-state index contributed by atoms with van der Waals surface area (Å²) in [5, 5.41) is 9.61. The number of nitrogens with zero attached hydrogens (tertiary/aromatic N) is 5. The van der Waals surface area contributed by atoms with E-state index in [9.17, 15) is 4.79 Å². The number of fused-ring (bicyclic) bond motifs is 1. The Kier molecular flexibility index (Phi) is 7.17. The largest absolute Gasteiger partial charge is 0.497 e.